The van der Waals surface area contributed by atoms with Gasteiger partial charge in [0.25, 0.3) is 0 Å². The Bertz CT molecular complexity index is 638. The Hall–Kier alpha value is -2.13. The number of nitrogens with zero attached hydrogens (tertiary/aromatic N) is 2. The van der Waals surface area contributed by atoms with E-state index in [1.54, 1.807) is 0 Å². The minimum atomic E-state index is 0.179. The summed E-state index contributed by atoms with van der Waals surface area (Å²) >= 11 is 0. The molecule has 0 aliphatic rings. The van der Waals surface area contributed by atoms with Crippen molar-refractivity contribution in [2.75, 3.05) is 6.54 Å². The van der Waals surface area contributed by atoms with Crippen LogP contribution in [0.5, 0.6) is 0 Å². The van der Waals surface area contributed by atoms with Gasteiger partial charge in [-0.05, 0) is 38.8 Å². The zero-order valence-corrected chi connectivity index (χ0v) is 15.9. The van der Waals surface area contributed by atoms with Gasteiger partial charge in [0.15, 0.2) is 0 Å². The summed E-state index contributed by atoms with van der Waals surface area (Å²) in [7, 11) is 0. The third-order valence-electron chi connectivity index (χ3n) is 4.44. The molecule has 0 atom stereocenters. The molecule has 3 nitrogen and oxygen atoms in total. The summed E-state index contributed by atoms with van der Waals surface area (Å²) in [4.78, 5) is 17.2. The van der Waals surface area contributed by atoms with Crippen LogP contribution in [0, 0.1) is 0 Å². The second-order valence-electron chi connectivity index (χ2n) is 7.09. The van der Waals surface area contributed by atoms with Gasteiger partial charge in [0.1, 0.15) is 0 Å². The highest BCUT2D eigenvalue weighted by molar-refractivity contribution is 5.78. The minimum Gasteiger partial charge on any atom is -0.335 e. The molecule has 2 aromatic rings. The summed E-state index contributed by atoms with van der Waals surface area (Å²) < 4.78 is 0. The Kier molecular flexibility index (Phi) is 7.20. The van der Waals surface area contributed by atoms with Crippen molar-refractivity contribution in [2.24, 2.45) is 0 Å². The van der Waals surface area contributed by atoms with Crippen molar-refractivity contribution < 1.29 is 4.79 Å². The van der Waals surface area contributed by atoms with Gasteiger partial charge in [-0.2, -0.15) is 0 Å². The van der Waals surface area contributed by atoms with E-state index in [4.69, 9.17) is 0 Å². The fraction of sp³-hybridized carbons (Fsp3) is 0.409. The molecule has 0 aliphatic heterocycles. The van der Waals surface area contributed by atoms with E-state index in [2.05, 4.69) is 56.9 Å². The molecule has 134 valence electrons. The van der Waals surface area contributed by atoms with E-state index in [1.165, 1.54) is 11.1 Å². The van der Waals surface area contributed by atoms with Gasteiger partial charge in [0.2, 0.25) is 5.91 Å². The van der Waals surface area contributed by atoms with Crippen molar-refractivity contribution >= 4 is 5.91 Å². The number of rotatable bonds is 8. The van der Waals surface area contributed by atoms with Gasteiger partial charge in [-0.25, -0.2) is 0 Å². The molecule has 0 heterocycles. The van der Waals surface area contributed by atoms with Crippen LogP contribution >= 0.6 is 0 Å². The molecular weight excluding hydrogens is 308 g/mol. The van der Waals surface area contributed by atoms with Gasteiger partial charge in [-0.3, -0.25) is 9.69 Å². The fourth-order valence-electron chi connectivity index (χ4n) is 2.84. The maximum atomic E-state index is 13.0. The first-order valence-corrected chi connectivity index (χ1v) is 9.08. The first-order valence-electron chi connectivity index (χ1n) is 9.08. The Labute approximate surface area is 152 Å². The second-order valence-corrected chi connectivity index (χ2v) is 7.09. The lowest BCUT2D eigenvalue weighted by Crippen LogP contribution is -2.45. The average molecular weight is 338 g/mol. The van der Waals surface area contributed by atoms with E-state index in [-0.39, 0.29) is 11.9 Å². The average Bonchev–Trinajstić information content (AvgIpc) is 2.60. The van der Waals surface area contributed by atoms with Crippen LogP contribution in [-0.4, -0.2) is 34.3 Å². The molecule has 0 spiro atoms. The van der Waals surface area contributed by atoms with Crippen LogP contribution in [0.15, 0.2) is 60.7 Å². The maximum Gasteiger partial charge on any atom is 0.237 e. The third-order valence-corrected chi connectivity index (χ3v) is 4.44. The molecule has 0 N–H and O–H groups in total. The number of benzene rings is 2. The van der Waals surface area contributed by atoms with Crippen molar-refractivity contribution in [3.63, 3.8) is 0 Å². The molecule has 1 amide bonds. The van der Waals surface area contributed by atoms with Crippen molar-refractivity contribution in [3.05, 3.63) is 71.8 Å². The molecule has 0 fully saturated rings. The molecule has 0 saturated carbocycles. The highest BCUT2D eigenvalue weighted by Crippen LogP contribution is 2.12. The monoisotopic (exact) mass is 338 g/mol. The topological polar surface area (TPSA) is 23.6 Å². The zero-order chi connectivity index (χ0) is 18.2. The highest BCUT2D eigenvalue weighted by atomic mass is 16.2. The van der Waals surface area contributed by atoms with Crippen molar-refractivity contribution in [3.8, 4) is 0 Å². The minimum absolute atomic E-state index is 0.179. The maximum absolute atomic E-state index is 13.0. The number of carbonyl (C=O) groups excluding carboxylic acids is 1. The van der Waals surface area contributed by atoms with Crippen LogP contribution < -0.4 is 0 Å². The summed E-state index contributed by atoms with van der Waals surface area (Å²) in [5, 5.41) is 0. The lowest BCUT2D eigenvalue weighted by molar-refractivity contribution is -0.135. The van der Waals surface area contributed by atoms with E-state index < -0.39 is 0 Å². The van der Waals surface area contributed by atoms with Gasteiger partial charge in [0, 0.05) is 25.2 Å². The molecular formula is C22H30N2O. The van der Waals surface area contributed by atoms with Crippen LogP contribution in [-0.2, 0) is 17.9 Å². The number of hydrogen-bond acceptors (Lipinski definition) is 2. The Morgan fingerprint density at radius 2 is 1.24 bits per heavy atom. The summed E-state index contributed by atoms with van der Waals surface area (Å²) in [6.45, 7) is 10.4. The molecule has 0 saturated heterocycles. The predicted molar refractivity (Wildman–Crippen MR) is 104 cm³/mol. The van der Waals surface area contributed by atoms with Crippen molar-refractivity contribution in [2.45, 2.75) is 52.9 Å². The summed E-state index contributed by atoms with van der Waals surface area (Å²) in [5.41, 5.74) is 2.41. The van der Waals surface area contributed by atoms with Gasteiger partial charge >= 0.3 is 0 Å². The van der Waals surface area contributed by atoms with E-state index >= 15 is 0 Å². The van der Waals surface area contributed by atoms with E-state index in [0.29, 0.717) is 19.1 Å². The van der Waals surface area contributed by atoms with Crippen LogP contribution in [0.2, 0.25) is 0 Å². The Balaban J connectivity index is 2.06. The number of carbonyl (C=O) groups is 1. The molecule has 0 radical (unpaired) electrons. The SMILES string of the molecule is CC(C)N(CC(=O)N(Cc1ccccc1)C(C)C)Cc1ccccc1. The van der Waals surface area contributed by atoms with Gasteiger partial charge in [-0.15, -0.1) is 0 Å². The smallest absolute Gasteiger partial charge is 0.237 e. The molecule has 2 rings (SSSR count). The van der Waals surface area contributed by atoms with Gasteiger partial charge in [0.05, 0.1) is 6.54 Å². The largest absolute Gasteiger partial charge is 0.335 e. The molecule has 0 bridgehead atoms. The predicted octanol–water partition coefficient (Wildman–Crippen LogP) is 4.33. The Morgan fingerprint density at radius 3 is 1.68 bits per heavy atom. The summed E-state index contributed by atoms with van der Waals surface area (Å²) in [6, 6.07) is 21.0. The molecule has 0 aliphatic carbocycles. The van der Waals surface area contributed by atoms with E-state index in [1.807, 2.05) is 41.3 Å². The fourth-order valence-corrected chi connectivity index (χ4v) is 2.84. The zero-order valence-electron chi connectivity index (χ0n) is 15.9. The van der Waals surface area contributed by atoms with Gasteiger partial charge in [-0.1, -0.05) is 60.7 Å². The van der Waals surface area contributed by atoms with Crippen LogP contribution in [0.4, 0.5) is 0 Å². The normalized spacial score (nSPS) is 11.3. The quantitative estimate of drug-likeness (QED) is 0.715. The first kappa shape index (κ1) is 19.2. The van der Waals surface area contributed by atoms with Crippen molar-refractivity contribution in [1.82, 2.24) is 9.80 Å². The third kappa shape index (κ3) is 6.02. The molecule has 3 heteroatoms. The number of amides is 1. The van der Waals surface area contributed by atoms with E-state index in [0.717, 1.165) is 6.54 Å². The first-order chi connectivity index (χ1) is 12.0. The molecule has 0 unspecified atom stereocenters. The van der Waals surface area contributed by atoms with Crippen LogP contribution in [0.3, 0.4) is 0 Å². The summed E-state index contributed by atoms with van der Waals surface area (Å²) in [5.74, 6) is 0.184. The highest BCUT2D eigenvalue weighted by Gasteiger charge is 2.21. The lowest BCUT2D eigenvalue weighted by Gasteiger charge is -2.32. The van der Waals surface area contributed by atoms with E-state index in [9.17, 15) is 4.79 Å². The lowest BCUT2D eigenvalue weighted by atomic mass is 10.1. The molecule has 0 aromatic heterocycles. The second kappa shape index (κ2) is 9.38. The standard InChI is InChI=1S/C22H30N2O/c1-18(2)23(15-20-11-7-5-8-12-20)17-22(25)24(19(3)4)16-21-13-9-6-10-14-21/h5-14,18-19H,15-17H2,1-4H3. The molecule has 2 aromatic carbocycles. The van der Waals surface area contributed by atoms with Crippen molar-refractivity contribution in [1.29, 1.82) is 0 Å². The van der Waals surface area contributed by atoms with Gasteiger partial charge < -0.3 is 4.90 Å². The summed E-state index contributed by atoms with van der Waals surface area (Å²) in [6.07, 6.45) is 0. The van der Waals surface area contributed by atoms with Crippen LogP contribution in [0.25, 0.3) is 0 Å². The Morgan fingerprint density at radius 1 is 0.760 bits per heavy atom. The molecule has 25 heavy (non-hydrogen) atoms. The van der Waals surface area contributed by atoms with Crippen LogP contribution in [0.1, 0.15) is 38.8 Å². The number of hydrogen-bond donors (Lipinski definition) is 0.